The number of benzene rings is 2. The molecule has 2 aromatic rings. The Kier molecular flexibility index (Phi) is 5.20. The van der Waals surface area contributed by atoms with Crippen LogP contribution in [0.25, 0.3) is 6.08 Å². The van der Waals surface area contributed by atoms with Crippen molar-refractivity contribution >= 4 is 45.2 Å². The second-order valence-corrected chi connectivity index (χ2v) is 6.97. The first-order valence-corrected chi connectivity index (χ1v) is 8.91. The van der Waals surface area contributed by atoms with E-state index < -0.39 is 0 Å². The molecule has 1 aliphatic heterocycles. The minimum Gasteiger partial charge on any atom is -0.488 e. The van der Waals surface area contributed by atoms with E-state index >= 15 is 0 Å². The molecule has 1 heterocycles. The lowest BCUT2D eigenvalue weighted by molar-refractivity contribution is -0.121. The molecule has 3 rings (SSSR count). The van der Waals surface area contributed by atoms with Crippen LogP contribution < -0.4 is 4.74 Å². The lowest BCUT2D eigenvalue weighted by Crippen LogP contribution is -2.26. The molecule has 4 nitrogen and oxygen atoms in total. The predicted molar refractivity (Wildman–Crippen MR) is 106 cm³/mol. The van der Waals surface area contributed by atoms with Gasteiger partial charge in [0.05, 0.1) is 0 Å². The van der Waals surface area contributed by atoms with E-state index in [-0.39, 0.29) is 5.91 Å². The van der Waals surface area contributed by atoms with Crippen LogP contribution in [0.2, 0.25) is 0 Å². The van der Waals surface area contributed by atoms with Gasteiger partial charge >= 0.3 is 0 Å². The monoisotopic (exact) mass is 416 g/mol. The molecule has 0 unspecified atom stereocenters. The maximum Gasteiger partial charge on any atom is 0.276 e. The van der Waals surface area contributed by atoms with Crippen molar-refractivity contribution in [3.8, 4) is 5.75 Å². The van der Waals surface area contributed by atoms with Gasteiger partial charge in [0.2, 0.25) is 0 Å². The van der Waals surface area contributed by atoms with Crippen LogP contribution in [0.5, 0.6) is 5.75 Å². The zero-order valence-electron chi connectivity index (χ0n) is 13.9. The van der Waals surface area contributed by atoms with Gasteiger partial charge in [-0.3, -0.25) is 9.69 Å². The van der Waals surface area contributed by atoms with E-state index in [9.17, 15) is 4.79 Å². The molecular formula is C19H17BrN2O2S. The molecule has 1 aliphatic rings. The summed E-state index contributed by atoms with van der Waals surface area (Å²) in [6.07, 6.45) is 1.81. The SMILES string of the molecule is CN1C(=O)/C(=C/c2cc(Br)ccc2OCc2ccccc2)N(C)C1=S. The first-order valence-electron chi connectivity index (χ1n) is 7.71. The van der Waals surface area contributed by atoms with Gasteiger partial charge in [-0.05, 0) is 42.1 Å². The van der Waals surface area contributed by atoms with Crippen LogP contribution in [0.1, 0.15) is 11.1 Å². The highest BCUT2D eigenvalue weighted by molar-refractivity contribution is 9.10. The molecule has 0 atom stereocenters. The van der Waals surface area contributed by atoms with Crippen molar-refractivity contribution in [3.63, 3.8) is 0 Å². The summed E-state index contributed by atoms with van der Waals surface area (Å²) in [6, 6.07) is 15.7. The maximum absolute atomic E-state index is 12.4. The fourth-order valence-corrected chi connectivity index (χ4v) is 3.09. The van der Waals surface area contributed by atoms with Crippen molar-refractivity contribution in [1.29, 1.82) is 0 Å². The van der Waals surface area contributed by atoms with E-state index in [2.05, 4.69) is 15.9 Å². The summed E-state index contributed by atoms with van der Waals surface area (Å²) in [6.45, 7) is 0.459. The van der Waals surface area contributed by atoms with Crippen molar-refractivity contribution in [2.75, 3.05) is 14.1 Å². The van der Waals surface area contributed by atoms with Crippen molar-refractivity contribution in [2.24, 2.45) is 0 Å². The van der Waals surface area contributed by atoms with E-state index in [0.29, 0.717) is 23.2 Å². The van der Waals surface area contributed by atoms with Crippen LogP contribution in [0.15, 0.2) is 58.7 Å². The number of halogens is 1. The second-order valence-electron chi connectivity index (χ2n) is 5.69. The number of carbonyl (C=O) groups is 1. The third-order valence-electron chi connectivity index (χ3n) is 3.96. The van der Waals surface area contributed by atoms with Gasteiger partial charge in [0.25, 0.3) is 5.91 Å². The molecule has 128 valence electrons. The zero-order valence-corrected chi connectivity index (χ0v) is 16.3. The van der Waals surface area contributed by atoms with Crippen molar-refractivity contribution in [2.45, 2.75) is 6.61 Å². The van der Waals surface area contributed by atoms with Gasteiger partial charge in [0.1, 0.15) is 18.1 Å². The highest BCUT2D eigenvalue weighted by atomic mass is 79.9. The van der Waals surface area contributed by atoms with Crippen LogP contribution in [-0.2, 0) is 11.4 Å². The molecule has 0 bridgehead atoms. The number of amides is 1. The summed E-state index contributed by atoms with van der Waals surface area (Å²) in [5, 5.41) is 0.484. The molecule has 0 saturated carbocycles. The van der Waals surface area contributed by atoms with Gasteiger partial charge in [-0.15, -0.1) is 0 Å². The zero-order chi connectivity index (χ0) is 18.0. The molecule has 1 amide bonds. The van der Waals surface area contributed by atoms with E-state index in [1.165, 1.54) is 4.90 Å². The summed E-state index contributed by atoms with van der Waals surface area (Å²) in [5.74, 6) is 0.586. The number of thiocarbonyl (C=S) groups is 1. The van der Waals surface area contributed by atoms with Gasteiger partial charge < -0.3 is 9.64 Å². The largest absolute Gasteiger partial charge is 0.488 e. The smallest absolute Gasteiger partial charge is 0.276 e. The Bertz CT molecular complexity index is 852. The number of hydrogen-bond donors (Lipinski definition) is 0. The normalized spacial score (nSPS) is 16.0. The summed E-state index contributed by atoms with van der Waals surface area (Å²) < 4.78 is 6.88. The van der Waals surface area contributed by atoms with E-state index in [1.54, 1.807) is 19.0 Å². The molecule has 25 heavy (non-hydrogen) atoms. The lowest BCUT2D eigenvalue weighted by Gasteiger charge is -2.13. The Balaban J connectivity index is 1.91. The molecule has 0 aromatic heterocycles. The molecule has 6 heteroatoms. The second kappa shape index (κ2) is 7.37. The Hall–Kier alpha value is -2.18. The highest BCUT2D eigenvalue weighted by Crippen LogP contribution is 2.29. The van der Waals surface area contributed by atoms with Crippen molar-refractivity contribution in [1.82, 2.24) is 9.80 Å². The summed E-state index contributed by atoms with van der Waals surface area (Å²) in [5.41, 5.74) is 2.42. The fraction of sp³-hybridized carbons (Fsp3) is 0.158. The third-order valence-corrected chi connectivity index (χ3v) is 5.00. The first kappa shape index (κ1) is 17.6. The first-order chi connectivity index (χ1) is 12.0. The number of likely N-dealkylation sites (N-methyl/N-ethyl adjacent to an activating group) is 2. The number of nitrogens with zero attached hydrogens (tertiary/aromatic N) is 2. The summed E-state index contributed by atoms with van der Waals surface area (Å²) >= 11 is 8.73. The number of ether oxygens (including phenoxy) is 1. The molecule has 0 N–H and O–H groups in total. The fourth-order valence-electron chi connectivity index (χ4n) is 2.53. The van der Waals surface area contributed by atoms with E-state index in [4.69, 9.17) is 17.0 Å². The number of rotatable bonds is 4. The molecule has 1 fully saturated rings. The van der Waals surface area contributed by atoms with Gasteiger partial charge in [-0.2, -0.15) is 0 Å². The Morgan fingerprint density at radius 3 is 2.48 bits per heavy atom. The van der Waals surface area contributed by atoms with E-state index in [1.807, 2.05) is 54.6 Å². The quantitative estimate of drug-likeness (QED) is 0.555. The van der Waals surface area contributed by atoms with Gasteiger partial charge in [-0.1, -0.05) is 46.3 Å². The molecule has 0 radical (unpaired) electrons. The highest BCUT2D eigenvalue weighted by Gasteiger charge is 2.32. The van der Waals surface area contributed by atoms with Crippen LogP contribution >= 0.6 is 28.1 Å². The molecule has 2 aromatic carbocycles. The number of carbonyl (C=O) groups excluding carboxylic acids is 1. The Labute approximate surface area is 160 Å². The Morgan fingerprint density at radius 1 is 1.12 bits per heavy atom. The van der Waals surface area contributed by atoms with Gasteiger partial charge in [0.15, 0.2) is 5.11 Å². The molecule has 1 saturated heterocycles. The summed E-state index contributed by atoms with van der Waals surface area (Å²) in [7, 11) is 3.47. The summed E-state index contributed by atoms with van der Waals surface area (Å²) in [4.78, 5) is 15.6. The van der Waals surface area contributed by atoms with Gasteiger partial charge in [-0.25, -0.2) is 0 Å². The van der Waals surface area contributed by atoms with Crippen molar-refractivity contribution in [3.05, 3.63) is 69.8 Å². The maximum atomic E-state index is 12.4. The van der Waals surface area contributed by atoms with Crippen LogP contribution in [0, 0.1) is 0 Å². The molecule has 0 spiro atoms. The predicted octanol–water partition coefficient (Wildman–Crippen LogP) is 4.06. The van der Waals surface area contributed by atoms with Gasteiger partial charge in [0, 0.05) is 24.1 Å². The molecular weight excluding hydrogens is 400 g/mol. The van der Waals surface area contributed by atoms with E-state index in [0.717, 1.165) is 15.6 Å². The standard InChI is InChI=1S/C19H17BrN2O2S/c1-21-16(18(23)22(2)19(21)25)11-14-10-15(20)8-9-17(14)24-12-13-6-4-3-5-7-13/h3-11H,12H2,1-2H3/b16-11-. The van der Waals surface area contributed by atoms with Crippen LogP contribution in [-0.4, -0.2) is 34.9 Å². The van der Waals surface area contributed by atoms with Crippen molar-refractivity contribution < 1.29 is 9.53 Å². The lowest BCUT2D eigenvalue weighted by atomic mass is 10.1. The minimum atomic E-state index is -0.124. The van der Waals surface area contributed by atoms with Crippen LogP contribution in [0.4, 0.5) is 0 Å². The average Bonchev–Trinajstić information content (AvgIpc) is 2.80. The van der Waals surface area contributed by atoms with Crippen LogP contribution in [0.3, 0.4) is 0 Å². The molecule has 0 aliphatic carbocycles. The topological polar surface area (TPSA) is 32.8 Å². The number of hydrogen-bond acceptors (Lipinski definition) is 3. The minimum absolute atomic E-state index is 0.124. The third kappa shape index (κ3) is 3.75. The average molecular weight is 417 g/mol. The Morgan fingerprint density at radius 2 is 1.84 bits per heavy atom.